The third-order valence-corrected chi connectivity index (χ3v) is 7.56. The molecule has 1 aliphatic heterocycles. The fourth-order valence-electron chi connectivity index (χ4n) is 4.90. The van der Waals surface area contributed by atoms with Crippen molar-refractivity contribution in [2.45, 2.75) is 30.9 Å². The number of benzene rings is 3. The predicted octanol–water partition coefficient (Wildman–Crippen LogP) is 5.84. The van der Waals surface area contributed by atoms with Gasteiger partial charge in [0.2, 0.25) is 5.91 Å². The summed E-state index contributed by atoms with van der Waals surface area (Å²) in [6.07, 6.45) is 0.127. The SMILES string of the molecule is CN(C(=O)C(C)(c1ccc(Cl)cc1)c1ccc(Cl)cc1)[C@H](CN1CC[C@H](O)C1)c1ccc(F)cc1F. The molecule has 1 aliphatic rings. The number of amides is 1. The van der Waals surface area contributed by atoms with Crippen LogP contribution in [0.15, 0.2) is 66.7 Å². The molecule has 36 heavy (non-hydrogen) atoms. The van der Waals surface area contributed by atoms with Crippen molar-refractivity contribution in [3.63, 3.8) is 0 Å². The zero-order chi connectivity index (χ0) is 26.0. The summed E-state index contributed by atoms with van der Waals surface area (Å²) >= 11 is 12.3. The molecule has 0 spiro atoms. The number of hydrogen-bond donors (Lipinski definition) is 1. The quantitative estimate of drug-likeness (QED) is 0.415. The third-order valence-electron chi connectivity index (χ3n) is 7.06. The van der Waals surface area contributed by atoms with Gasteiger partial charge in [-0.1, -0.05) is 53.5 Å². The third kappa shape index (κ3) is 5.42. The minimum Gasteiger partial charge on any atom is -0.392 e. The fourth-order valence-corrected chi connectivity index (χ4v) is 5.15. The van der Waals surface area contributed by atoms with Crippen LogP contribution in [0, 0.1) is 11.6 Å². The van der Waals surface area contributed by atoms with Gasteiger partial charge in [-0.3, -0.25) is 9.69 Å². The van der Waals surface area contributed by atoms with Crippen molar-refractivity contribution >= 4 is 29.1 Å². The molecule has 1 fully saturated rings. The summed E-state index contributed by atoms with van der Waals surface area (Å²) in [7, 11) is 1.63. The summed E-state index contributed by atoms with van der Waals surface area (Å²) in [5.74, 6) is -1.69. The lowest BCUT2D eigenvalue weighted by molar-refractivity contribution is -0.136. The van der Waals surface area contributed by atoms with Gasteiger partial charge in [-0.15, -0.1) is 0 Å². The van der Waals surface area contributed by atoms with Crippen molar-refractivity contribution < 1.29 is 18.7 Å². The number of aliphatic hydroxyl groups excluding tert-OH is 1. The van der Waals surface area contributed by atoms with E-state index in [0.717, 1.165) is 6.07 Å². The summed E-state index contributed by atoms with van der Waals surface area (Å²) < 4.78 is 28.8. The highest BCUT2D eigenvalue weighted by molar-refractivity contribution is 6.30. The van der Waals surface area contributed by atoms with Gasteiger partial charge in [0.05, 0.1) is 17.6 Å². The lowest BCUT2D eigenvalue weighted by Crippen LogP contribution is -2.48. The molecule has 1 saturated heterocycles. The van der Waals surface area contributed by atoms with Crippen molar-refractivity contribution in [3.05, 3.63) is 105 Å². The van der Waals surface area contributed by atoms with Crippen LogP contribution in [0.5, 0.6) is 0 Å². The predicted molar refractivity (Wildman–Crippen MR) is 138 cm³/mol. The van der Waals surface area contributed by atoms with E-state index in [2.05, 4.69) is 0 Å². The first-order chi connectivity index (χ1) is 17.1. The second-order valence-electron chi connectivity index (χ2n) is 9.44. The molecule has 4 nitrogen and oxygen atoms in total. The van der Waals surface area contributed by atoms with Crippen LogP contribution in [0.1, 0.15) is 36.1 Å². The van der Waals surface area contributed by atoms with Gasteiger partial charge in [0.1, 0.15) is 11.6 Å². The molecule has 1 heterocycles. The molecule has 0 radical (unpaired) electrons. The average molecular weight is 533 g/mol. The highest BCUT2D eigenvalue weighted by Crippen LogP contribution is 2.38. The number of hydrogen-bond acceptors (Lipinski definition) is 3. The van der Waals surface area contributed by atoms with Crippen molar-refractivity contribution in [1.82, 2.24) is 9.80 Å². The Bertz CT molecular complexity index is 1180. The molecular weight excluding hydrogens is 505 g/mol. The van der Waals surface area contributed by atoms with Gasteiger partial charge in [0, 0.05) is 48.4 Å². The van der Waals surface area contributed by atoms with E-state index in [4.69, 9.17) is 23.2 Å². The Hall–Kier alpha value is -2.51. The zero-order valence-electron chi connectivity index (χ0n) is 20.1. The maximum absolute atomic E-state index is 15.0. The Balaban J connectivity index is 1.78. The first kappa shape index (κ1) is 26.6. The van der Waals surface area contributed by atoms with Gasteiger partial charge in [-0.2, -0.15) is 0 Å². The number of likely N-dealkylation sites (N-methyl/N-ethyl adjacent to an activating group) is 1. The van der Waals surface area contributed by atoms with Crippen molar-refractivity contribution in [2.75, 3.05) is 26.7 Å². The van der Waals surface area contributed by atoms with Crippen LogP contribution in [0.3, 0.4) is 0 Å². The molecule has 0 aliphatic carbocycles. The van der Waals surface area contributed by atoms with Crippen LogP contribution in [0.4, 0.5) is 8.78 Å². The maximum Gasteiger partial charge on any atom is 0.237 e. The maximum atomic E-state index is 15.0. The van der Waals surface area contributed by atoms with Gasteiger partial charge < -0.3 is 10.0 Å². The van der Waals surface area contributed by atoms with Gasteiger partial charge in [-0.05, 0) is 54.8 Å². The van der Waals surface area contributed by atoms with Crippen LogP contribution < -0.4 is 0 Å². The van der Waals surface area contributed by atoms with E-state index in [1.165, 1.54) is 17.0 Å². The van der Waals surface area contributed by atoms with Crippen molar-refractivity contribution in [3.8, 4) is 0 Å². The minimum atomic E-state index is -1.15. The number of carbonyl (C=O) groups is 1. The van der Waals surface area contributed by atoms with E-state index in [1.54, 1.807) is 55.6 Å². The molecule has 8 heteroatoms. The minimum absolute atomic E-state index is 0.211. The lowest BCUT2D eigenvalue weighted by Gasteiger charge is -2.39. The molecular formula is C28H28Cl2F2N2O2. The van der Waals surface area contributed by atoms with Gasteiger partial charge >= 0.3 is 0 Å². The van der Waals surface area contributed by atoms with Crippen LogP contribution in [-0.4, -0.2) is 53.6 Å². The van der Waals surface area contributed by atoms with Crippen molar-refractivity contribution in [1.29, 1.82) is 0 Å². The Morgan fingerprint density at radius 3 is 2.08 bits per heavy atom. The van der Waals surface area contributed by atoms with Crippen LogP contribution in [0.2, 0.25) is 10.0 Å². The van der Waals surface area contributed by atoms with E-state index in [1.807, 2.05) is 11.8 Å². The Kier molecular flexibility index (Phi) is 8.00. The van der Waals surface area contributed by atoms with E-state index in [-0.39, 0.29) is 11.5 Å². The van der Waals surface area contributed by atoms with Gasteiger partial charge in [-0.25, -0.2) is 8.78 Å². The van der Waals surface area contributed by atoms with E-state index < -0.39 is 29.2 Å². The lowest BCUT2D eigenvalue weighted by atomic mass is 9.74. The Labute approximate surface area is 220 Å². The molecule has 0 bridgehead atoms. The number of rotatable bonds is 7. The summed E-state index contributed by atoms with van der Waals surface area (Å²) in [6.45, 7) is 3.15. The number of aliphatic hydroxyl groups is 1. The number of carbonyl (C=O) groups excluding carboxylic acids is 1. The standard InChI is InChI=1S/C28H28Cl2F2N2O2/c1-28(18-3-7-20(29)8-4-18,19-5-9-21(30)10-6-19)27(36)33(2)26(17-34-14-13-23(35)16-34)24-12-11-22(31)15-25(24)32/h3-12,15,23,26,35H,13-14,16-17H2,1-2H3/t23-,26+/m0/s1. The van der Waals surface area contributed by atoms with Crippen LogP contribution >= 0.6 is 23.2 Å². The monoisotopic (exact) mass is 532 g/mol. The van der Waals surface area contributed by atoms with E-state index in [0.29, 0.717) is 47.2 Å². The summed E-state index contributed by atoms with van der Waals surface area (Å²) in [5.41, 5.74) is 0.480. The molecule has 0 aromatic heterocycles. The number of nitrogens with zero attached hydrogens (tertiary/aromatic N) is 2. The molecule has 3 aromatic rings. The topological polar surface area (TPSA) is 43.8 Å². The molecule has 0 unspecified atom stereocenters. The van der Waals surface area contributed by atoms with Gasteiger partial charge in [0.15, 0.2) is 0 Å². The molecule has 1 N–H and O–H groups in total. The molecule has 4 rings (SSSR count). The fraction of sp³-hybridized carbons (Fsp3) is 0.321. The second-order valence-corrected chi connectivity index (χ2v) is 10.3. The van der Waals surface area contributed by atoms with Gasteiger partial charge in [0.25, 0.3) is 0 Å². The largest absolute Gasteiger partial charge is 0.392 e. The number of halogens is 4. The number of likely N-dealkylation sites (tertiary alicyclic amines) is 1. The molecule has 2 atom stereocenters. The highest BCUT2D eigenvalue weighted by Gasteiger charge is 2.42. The average Bonchev–Trinajstić information content (AvgIpc) is 3.27. The Morgan fingerprint density at radius 2 is 1.61 bits per heavy atom. The molecule has 3 aromatic carbocycles. The molecule has 1 amide bonds. The van der Waals surface area contributed by atoms with Crippen LogP contribution in [0.25, 0.3) is 0 Å². The summed E-state index contributed by atoms with van der Waals surface area (Å²) in [4.78, 5) is 17.9. The second kappa shape index (κ2) is 10.9. The first-order valence-corrected chi connectivity index (χ1v) is 12.5. The number of β-amino-alcohol motifs (C(OH)–C–C–N with tert-alkyl or cyclic N) is 1. The molecule has 190 valence electrons. The normalized spacial score (nSPS) is 17.2. The van der Waals surface area contributed by atoms with Crippen molar-refractivity contribution in [2.24, 2.45) is 0 Å². The van der Waals surface area contributed by atoms with E-state index >= 15 is 4.39 Å². The first-order valence-electron chi connectivity index (χ1n) is 11.7. The van der Waals surface area contributed by atoms with E-state index in [9.17, 15) is 14.3 Å². The summed E-state index contributed by atoms with van der Waals surface area (Å²) in [5, 5.41) is 11.1. The Morgan fingerprint density at radius 1 is 1.06 bits per heavy atom. The highest BCUT2D eigenvalue weighted by atomic mass is 35.5. The van der Waals surface area contributed by atoms with Crippen LogP contribution in [-0.2, 0) is 10.2 Å². The summed E-state index contributed by atoms with van der Waals surface area (Å²) in [6, 6.07) is 16.8. The zero-order valence-corrected chi connectivity index (χ0v) is 21.6. The molecule has 0 saturated carbocycles. The smallest absolute Gasteiger partial charge is 0.237 e.